The van der Waals surface area contributed by atoms with Gasteiger partial charge in [0.15, 0.2) is 0 Å². The predicted octanol–water partition coefficient (Wildman–Crippen LogP) is 1.76. The van der Waals surface area contributed by atoms with E-state index >= 15 is 0 Å². The summed E-state index contributed by atoms with van der Waals surface area (Å²) in [7, 11) is 1.53. The number of esters is 1. The van der Waals surface area contributed by atoms with Crippen molar-refractivity contribution in [1.29, 1.82) is 5.26 Å². The fraction of sp³-hybridized carbons (Fsp3) is 0.231. The Morgan fingerprint density at radius 3 is 2.53 bits per heavy atom. The fourth-order valence-electron chi connectivity index (χ4n) is 1.17. The SMILES string of the molecule is C=C(C(=O)OCCOC)c1ccc(C#N)cc1. The van der Waals surface area contributed by atoms with Gasteiger partial charge in [0, 0.05) is 7.11 Å². The molecule has 0 spiro atoms. The second-order valence-electron chi connectivity index (χ2n) is 3.30. The Morgan fingerprint density at radius 1 is 1.35 bits per heavy atom. The minimum Gasteiger partial charge on any atom is -0.460 e. The number of methoxy groups -OCH3 is 1. The van der Waals surface area contributed by atoms with Crippen molar-refractivity contribution < 1.29 is 14.3 Å². The van der Waals surface area contributed by atoms with Crippen LogP contribution in [0.1, 0.15) is 11.1 Å². The maximum Gasteiger partial charge on any atom is 0.338 e. The molecular formula is C13H13NO3. The molecule has 1 rings (SSSR count). The highest BCUT2D eigenvalue weighted by atomic mass is 16.6. The molecule has 88 valence electrons. The van der Waals surface area contributed by atoms with Crippen molar-refractivity contribution in [1.82, 2.24) is 0 Å². The van der Waals surface area contributed by atoms with Crippen molar-refractivity contribution in [2.45, 2.75) is 0 Å². The van der Waals surface area contributed by atoms with E-state index in [4.69, 9.17) is 14.7 Å². The number of nitriles is 1. The maximum absolute atomic E-state index is 11.5. The molecule has 0 bridgehead atoms. The first kappa shape index (κ1) is 12.9. The van der Waals surface area contributed by atoms with Crippen LogP contribution in [0.25, 0.3) is 5.57 Å². The second-order valence-corrected chi connectivity index (χ2v) is 3.30. The zero-order chi connectivity index (χ0) is 12.7. The van der Waals surface area contributed by atoms with Gasteiger partial charge in [-0.3, -0.25) is 0 Å². The summed E-state index contributed by atoms with van der Waals surface area (Å²) in [4.78, 5) is 11.5. The summed E-state index contributed by atoms with van der Waals surface area (Å²) in [5.74, 6) is -0.480. The van der Waals surface area contributed by atoms with Crippen LogP contribution in [0.2, 0.25) is 0 Å². The van der Waals surface area contributed by atoms with Gasteiger partial charge < -0.3 is 9.47 Å². The Bertz CT molecular complexity index is 443. The molecule has 4 nitrogen and oxygen atoms in total. The Morgan fingerprint density at radius 2 is 2.00 bits per heavy atom. The molecule has 4 heteroatoms. The van der Waals surface area contributed by atoms with Crippen LogP contribution in [0.5, 0.6) is 0 Å². The molecule has 0 radical (unpaired) electrons. The molecule has 0 fully saturated rings. The van der Waals surface area contributed by atoms with E-state index < -0.39 is 5.97 Å². The summed E-state index contributed by atoms with van der Waals surface area (Å²) in [5, 5.41) is 8.64. The lowest BCUT2D eigenvalue weighted by molar-refractivity contribution is -0.137. The van der Waals surface area contributed by atoms with Crippen LogP contribution in [0.4, 0.5) is 0 Å². The summed E-state index contributed by atoms with van der Waals surface area (Å²) in [6, 6.07) is 8.59. The normalized spacial score (nSPS) is 9.41. The zero-order valence-corrected chi connectivity index (χ0v) is 9.60. The van der Waals surface area contributed by atoms with Gasteiger partial charge in [-0.15, -0.1) is 0 Å². The van der Waals surface area contributed by atoms with E-state index in [1.165, 1.54) is 7.11 Å². The number of rotatable bonds is 5. The highest BCUT2D eigenvalue weighted by molar-refractivity contribution is 6.15. The molecule has 17 heavy (non-hydrogen) atoms. The Balaban J connectivity index is 2.62. The summed E-state index contributed by atoms with van der Waals surface area (Å²) >= 11 is 0. The van der Waals surface area contributed by atoms with Crippen LogP contribution in [0.3, 0.4) is 0 Å². The number of hydrogen-bond acceptors (Lipinski definition) is 4. The third-order valence-corrected chi connectivity index (χ3v) is 2.13. The predicted molar refractivity (Wildman–Crippen MR) is 63.0 cm³/mol. The monoisotopic (exact) mass is 231 g/mol. The van der Waals surface area contributed by atoms with Crippen LogP contribution in [-0.4, -0.2) is 26.3 Å². The molecule has 0 N–H and O–H groups in total. The third-order valence-electron chi connectivity index (χ3n) is 2.13. The van der Waals surface area contributed by atoms with Gasteiger partial charge in [0.25, 0.3) is 0 Å². The highest BCUT2D eigenvalue weighted by Crippen LogP contribution is 2.14. The van der Waals surface area contributed by atoms with E-state index in [0.717, 1.165) is 0 Å². The number of nitrogens with zero attached hydrogens (tertiary/aromatic N) is 1. The second kappa shape index (κ2) is 6.46. The van der Waals surface area contributed by atoms with Crippen molar-refractivity contribution in [2.75, 3.05) is 20.3 Å². The van der Waals surface area contributed by atoms with E-state index in [1.807, 2.05) is 6.07 Å². The Kier molecular flexibility index (Phi) is 4.92. The van der Waals surface area contributed by atoms with Crippen molar-refractivity contribution in [3.05, 3.63) is 42.0 Å². The molecular weight excluding hydrogens is 218 g/mol. The molecule has 0 saturated heterocycles. The molecule has 0 aliphatic heterocycles. The number of carbonyl (C=O) groups excluding carboxylic acids is 1. The van der Waals surface area contributed by atoms with Crippen LogP contribution in [0, 0.1) is 11.3 Å². The summed E-state index contributed by atoms with van der Waals surface area (Å²) in [6.45, 7) is 4.21. The number of hydrogen-bond donors (Lipinski definition) is 0. The lowest BCUT2D eigenvalue weighted by Gasteiger charge is -2.06. The van der Waals surface area contributed by atoms with Gasteiger partial charge in [-0.1, -0.05) is 18.7 Å². The van der Waals surface area contributed by atoms with E-state index in [9.17, 15) is 4.79 Å². The highest BCUT2D eigenvalue weighted by Gasteiger charge is 2.10. The Labute approximate surface area is 100 Å². The van der Waals surface area contributed by atoms with Gasteiger partial charge in [0.2, 0.25) is 0 Å². The zero-order valence-electron chi connectivity index (χ0n) is 9.60. The molecule has 0 unspecified atom stereocenters. The number of benzene rings is 1. The molecule has 1 aromatic carbocycles. The van der Waals surface area contributed by atoms with Crippen molar-refractivity contribution in [3.63, 3.8) is 0 Å². The Hall–Kier alpha value is -2.12. The quantitative estimate of drug-likeness (QED) is 0.440. The minimum atomic E-state index is -0.480. The lowest BCUT2D eigenvalue weighted by atomic mass is 10.1. The van der Waals surface area contributed by atoms with E-state index in [1.54, 1.807) is 24.3 Å². The van der Waals surface area contributed by atoms with Crippen molar-refractivity contribution >= 4 is 11.5 Å². The standard InChI is InChI=1S/C13H13NO3/c1-10(13(15)17-8-7-16-2)12-5-3-11(9-14)4-6-12/h3-6H,1,7-8H2,2H3. The first-order valence-corrected chi connectivity index (χ1v) is 5.04. The molecule has 0 aliphatic rings. The van der Waals surface area contributed by atoms with Gasteiger partial charge in [0.1, 0.15) is 6.61 Å². The van der Waals surface area contributed by atoms with Crippen LogP contribution < -0.4 is 0 Å². The van der Waals surface area contributed by atoms with Gasteiger partial charge in [-0.2, -0.15) is 5.26 Å². The molecule has 0 aromatic heterocycles. The number of carbonyl (C=O) groups is 1. The van der Waals surface area contributed by atoms with Crippen LogP contribution >= 0.6 is 0 Å². The first-order chi connectivity index (χ1) is 8.19. The third kappa shape index (κ3) is 3.74. The fourth-order valence-corrected chi connectivity index (χ4v) is 1.17. The van der Waals surface area contributed by atoms with Crippen LogP contribution in [-0.2, 0) is 14.3 Å². The molecule has 0 saturated carbocycles. The van der Waals surface area contributed by atoms with Gasteiger partial charge in [0.05, 0.1) is 23.8 Å². The molecule has 0 amide bonds. The van der Waals surface area contributed by atoms with E-state index in [0.29, 0.717) is 17.7 Å². The molecule has 0 heterocycles. The first-order valence-electron chi connectivity index (χ1n) is 5.04. The van der Waals surface area contributed by atoms with Crippen molar-refractivity contribution in [3.8, 4) is 6.07 Å². The van der Waals surface area contributed by atoms with Crippen molar-refractivity contribution in [2.24, 2.45) is 0 Å². The molecule has 1 aromatic rings. The smallest absolute Gasteiger partial charge is 0.338 e. The molecule has 0 aliphatic carbocycles. The van der Waals surface area contributed by atoms with Gasteiger partial charge in [-0.25, -0.2) is 4.79 Å². The molecule has 0 atom stereocenters. The van der Waals surface area contributed by atoms with E-state index in [2.05, 4.69) is 6.58 Å². The summed E-state index contributed by atoms with van der Waals surface area (Å²) in [5.41, 5.74) is 1.45. The maximum atomic E-state index is 11.5. The van der Waals surface area contributed by atoms with Gasteiger partial charge in [-0.05, 0) is 17.7 Å². The van der Waals surface area contributed by atoms with Crippen LogP contribution in [0.15, 0.2) is 30.8 Å². The number of ether oxygens (including phenoxy) is 2. The minimum absolute atomic E-state index is 0.199. The topological polar surface area (TPSA) is 59.3 Å². The van der Waals surface area contributed by atoms with Gasteiger partial charge >= 0.3 is 5.97 Å². The largest absolute Gasteiger partial charge is 0.460 e. The summed E-state index contributed by atoms with van der Waals surface area (Å²) in [6.07, 6.45) is 0. The van der Waals surface area contributed by atoms with E-state index in [-0.39, 0.29) is 12.2 Å². The average Bonchev–Trinajstić information content (AvgIpc) is 2.38. The summed E-state index contributed by atoms with van der Waals surface area (Å²) < 4.78 is 9.69. The average molecular weight is 231 g/mol. The lowest BCUT2D eigenvalue weighted by Crippen LogP contribution is -2.10.